The Balaban J connectivity index is 2.84. The van der Waals surface area contributed by atoms with Crippen LogP contribution in [0.5, 0.6) is 0 Å². The molecule has 0 aliphatic heterocycles. The summed E-state index contributed by atoms with van der Waals surface area (Å²) in [6.45, 7) is 10.7. The summed E-state index contributed by atoms with van der Waals surface area (Å²) in [7, 11) is 0. The first-order chi connectivity index (χ1) is 7.80. The minimum absolute atomic E-state index is 0.0218. The van der Waals surface area contributed by atoms with Gasteiger partial charge in [-0.2, -0.15) is 0 Å². The van der Waals surface area contributed by atoms with Gasteiger partial charge in [0, 0.05) is 16.5 Å². The SMILES string of the molecule is Cc1ccc2c(Cl)cc(C(C)(C)C)nc2c1C. The number of fused-ring (bicyclic) bond motifs is 1. The van der Waals surface area contributed by atoms with Crippen molar-refractivity contribution in [3.05, 3.63) is 40.0 Å². The van der Waals surface area contributed by atoms with Crippen LogP contribution in [0.25, 0.3) is 10.9 Å². The maximum Gasteiger partial charge on any atom is 0.0752 e. The lowest BCUT2D eigenvalue weighted by Gasteiger charge is -2.19. The van der Waals surface area contributed by atoms with Crippen molar-refractivity contribution in [1.82, 2.24) is 4.98 Å². The van der Waals surface area contributed by atoms with Crippen LogP contribution in [0.15, 0.2) is 18.2 Å². The van der Waals surface area contributed by atoms with E-state index in [2.05, 4.69) is 46.8 Å². The molecule has 0 N–H and O–H groups in total. The molecule has 0 bridgehead atoms. The van der Waals surface area contributed by atoms with Crippen LogP contribution in [-0.4, -0.2) is 4.98 Å². The monoisotopic (exact) mass is 247 g/mol. The first-order valence-corrected chi connectivity index (χ1v) is 6.25. The van der Waals surface area contributed by atoms with E-state index in [4.69, 9.17) is 16.6 Å². The van der Waals surface area contributed by atoms with Crippen LogP contribution in [0.4, 0.5) is 0 Å². The Hall–Kier alpha value is -1.08. The quantitative estimate of drug-likeness (QED) is 0.652. The van der Waals surface area contributed by atoms with E-state index in [0.29, 0.717) is 0 Å². The fraction of sp³-hybridized carbons (Fsp3) is 0.400. The average Bonchev–Trinajstić information content (AvgIpc) is 2.22. The third-order valence-electron chi connectivity index (χ3n) is 3.22. The Labute approximate surface area is 108 Å². The lowest BCUT2D eigenvalue weighted by atomic mass is 9.91. The van der Waals surface area contributed by atoms with Crippen LogP contribution in [0.1, 0.15) is 37.6 Å². The molecule has 2 aromatic rings. The Morgan fingerprint density at radius 1 is 1.12 bits per heavy atom. The highest BCUT2D eigenvalue weighted by atomic mass is 35.5. The molecular formula is C15H18ClN. The smallest absolute Gasteiger partial charge is 0.0752 e. The second-order valence-corrected chi connectivity index (χ2v) is 6.05. The number of nitrogens with zero attached hydrogens (tertiary/aromatic N) is 1. The van der Waals surface area contributed by atoms with E-state index >= 15 is 0 Å². The summed E-state index contributed by atoms with van der Waals surface area (Å²) in [6, 6.07) is 6.14. The van der Waals surface area contributed by atoms with Crippen LogP contribution in [0.3, 0.4) is 0 Å². The second kappa shape index (κ2) is 3.99. The standard InChI is InChI=1S/C15H18ClN/c1-9-6-7-11-12(16)8-13(15(3,4)5)17-14(11)10(9)2/h6-8H,1-5H3. The first kappa shape index (κ1) is 12.4. The molecule has 0 fully saturated rings. The maximum absolute atomic E-state index is 6.35. The van der Waals surface area contributed by atoms with Crippen molar-refractivity contribution in [2.45, 2.75) is 40.0 Å². The summed E-state index contributed by atoms with van der Waals surface area (Å²) in [5.74, 6) is 0. The molecule has 2 heteroatoms. The number of pyridine rings is 1. The summed E-state index contributed by atoms with van der Waals surface area (Å²) in [6.07, 6.45) is 0. The van der Waals surface area contributed by atoms with E-state index in [-0.39, 0.29) is 5.41 Å². The third-order valence-corrected chi connectivity index (χ3v) is 3.54. The molecule has 0 unspecified atom stereocenters. The summed E-state index contributed by atoms with van der Waals surface area (Å²) in [5.41, 5.74) is 4.57. The summed E-state index contributed by atoms with van der Waals surface area (Å²) in [5, 5.41) is 1.84. The minimum atomic E-state index is 0.0218. The molecule has 0 saturated heterocycles. The number of aryl methyl sites for hydroxylation is 2. The molecule has 0 radical (unpaired) electrons. The lowest BCUT2D eigenvalue weighted by molar-refractivity contribution is 0.571. The van der Waals surface area contributed by atoms with Crippen LogP contribution >= 0.6 is 11.6 Å². The normalized spacial score (nSPS) is 12.1. The van der Waals surface area contributed by atoms with Gasteiger partial charge in [-0.05, 0) is 31.0 Å². The highest BCUT2D eigenvalue weighted by molar-refractivity contribution is 6.35. The molecule has 0 amide bonds. The van der Waals surface area contributed by atoms with Crippen molar-refractivity contribution in [2.24, 2.45) is 0 Å². The van der Waals surface area contributed by atoms with E-state index in [9.17, 15) is 0 Å². The number of hydrogen-bond acceptors (Lipinski definition) is 1. The Bertz CT molecular complexity index is 579. The van der Waals surface area contributed by atoms with Gasteiger partial charge in [-0.1, -0.05) is 44.5 Å². The zero-order valence-corrected chi connectivity index (χ0v) is 11.8. The molecule has 2 rings (SSSR count). The van der Waals surface area contributed by atoms with E-state index in [1.165, 1.54) is 11.1 Å². The number of hydrogen-bond donors (Lipinski definition) is 0. The molecule has 0 saturated carbocycles. The van der Waals surface area contributed by atoms with Gasteiger partial charge in [-0.3, -0.25) is 4.98 Å². The first-order valence-electron chi connectivity index (χ1n) is 5.87. The molecule has 1 aromatic carbocycles. The number of benzene rings is 1. The molecule has 90 valence electrons. The van der Waals surface area contributed by atoms with Gasteiger partial charge in [0.2, 0.25) is 0 Å². The van der Waals surface area contributed by atoms with Crippen LogP contribution < -0.4 is 0 Å². The van der Waals surface area contributed by atoms with E-state index in [0.717, 1.165) is 21.6 Å². The van der Waals surface area contributed by atoms with E-state index in [1.54, 1.807) is 0 Å². The highest BCUT2D eigenvalue weighted by Gasteiger charge is 2.18. The molecule has 0 spiro atoms. The molecule has 1 nitrogen and oxygen atoms in total. The van der Waals surface area contributed by atoms with Crippen LogP contribution in [0.2, 0.25) is 5.02 Å². The fourth-order valence-electron chi connectivity index (χ4n) is 1.87. The van der Waals surface area contributed by atoms with Crippen LogP contribution in [-0.2, 0) is 5.41 Å². The number of halogens is 1. The summed E-state index contributed by atoms with van der Waals surface area (Å²) < 4.78 is 0. The Morgan fingerprint density at radius 3 is 2.35 bits per heavy atom. The van der Waals surface area contributed by atoms with Gasteiger partial charge >= 0.3 is 0 Å². The van der Waals surface area contributed by atoms with Gasteiger partial charge < -0.3 is 0 Å². The van der Waals surface area contributed by atoms with Crippen molar-refractivity contribution < 1.29 is 0 Å². The Kier molecular flexibility index (Phi) is 2.90. The van der Waals surface area contributed by atoms with Crippen LogP contribution in [0, 0.1) is 13.8 Å². The molecule has 0 aliphatic rings. The van der Waals surface area contributed by atoms with Gasteiger partial charge in [0.25, 0.3) is 0 Å². The largest absolute Gasteiger partial charge is 0.252 e. The van der Waals surface area contributed by atoms with Crippen molar-refractivity contribution in [3.63, 3.8) is 0 Å². The zero-order chi connectivity index (χ0) is 12.8. The number of aromatic nitrogens is 1. The summed E-state index contributed by atoms with van der Waals surface area (Å²) in [4.78, 5) is 4.78. The number of rotatable bonds is 0. The Morgan fingerprint density at radius 2 is 1.76 bits per heavy atom. The van der Waals surface area contributed by atoms with Crippen molar-refractivity contribution in [3.8, 4) is 0 Å². The van der Waals surface area contributed by atoms with Gasteiger partial charge in [0.15, 0.2) is 0 Å². The van der Waals surface area contributed by atoms with Gasteiger partial charge in [-0.25, -0.2) is 0 Å². The minimum Gasteiger partial charge on any atom is -0.252 e. The third kappa shape index (κ3) is 2.16. The van der Waals surface area contributed by atoms with Gasteiger partial charge in [-0.15, -0.1) is 0 Å². The summed E-state index contributed by atoms with van der Waals surface area (Å²) >= 11 is 6.35. The maximum atomic E-state index is 6.35. The molecule has 1 aromatic heterocycles. The predicted molar refractivity (Wildman–Crippen MR) is 74.9 cm³/mol. The molecule has 0 aliphatic carbocycles. The van der Waals surface area contributed by atoms with Crippen molar-refractivity contribution in [1.29, 1.82) is 0 Å². The van der Waals surface area contributed by atoms with Gasteiger partial charge in [0.1, 0.15) is 0 Å². The average molecular weight is 248 g/mol. The van der Waals surface area contributed by atoms with Gasteiger partial charge in [0.05, 0.1) is 10.5 Å². The fourth-order valence-corrected chi connectivity index (χ4v) is 2.13. The van der Waals surface area contributed by atoms with E-state index in [1.807, 2.05) is 6.07 Å². The topological polar surface area (TPSA) is 12.9 Å². The second-order valence-electron chi connectivity index (χ2n) is 5.64. The lowest BCUT2D eigenvalue weighted by Crippen LogP contribution is -2.13. The zero-order valence-electron chi connectivity index (χ0n) is 11.1. The predicted octanol–water partition coefficient (Wildman–Crippen LogP) is 4.80. The van der Waals surface area contributed by atoms with Crippen molar-refractivity contribution in [2.75, 3.05) is 0 Å². The van der Waals surface area contributed by atoms with E-state index < -0.39 is 0 Å². The van der Waals surface area contributed by atoms with Crippen molar-refractivity contribution >= 4 is 22.5 Å². The molecule has 17 heavy (non-hydrogen) atoms. The molecule has 1 heterocycles. The molecular weight excluding hydrogens is 230 g/mol. The highest BCUT2D eigenvalue weighted by Crippen LogP contribution is 2.31. The molecule has 0 atom stereocenters.